The van der Waals surface area contributed by atoms with E-state index in [0.29, 0.717) is 18.0 Å². The molecule has 3 aliphatic rings. The minimum Gasteiger partial charge on any atom is -0.381 e. The summed E-state index contributed by atoms with van der Waals surface area (Å²) >= 11 is 0. The molecule has 3 saturated heterocycles. The van der Waals surface area contributed by atoms with Gasteiger partial charge >= 0.3 is 0 Å². The molecule has 0 aromatic heterocycles. The molecule has 28 heavy (non-hydrogen) atoms. The fourth-order valence-corrected chi connectivity index (χ4v) is 4.79. The number of rotatable bonds is 4. The highest BCUT2D eigenvalue weighted by atomic mass is 16.5. The van der Waals surface area contributed by atoms with Gasteiger partial charge in [0.15, 0.2) is 0 Å². The molecule has 0 spiro atoms. The molecule has 0 atom stereocenters. The third kappa shape index (κ3) is 4.08. The van der Waals surface area contributed by atoms with Crippen LogP contribution < -0.4 is 10.2 Å². The van der Waals surface area contributed by atoms with E-state index >= 15 is 0 Å². The van der Waals surface area contributed by atoms with Crippen LogP contribution in [0.3, 0.4) is 0 Å². The maximum Gasteiger partial charge on any atom is 0.251 e. The van der Waals surface area contributed by atoms with Crippen LogP contribution in [0.25, 0.3) is 0 Å². The van der Waals surface area contributed by atoms with E-state index in [4.69, 9.17) is 4.74 Å². The average molecular weight is 386 g/mol. The second kappa shape index (κ2) is 8.62. The summed E-state index contributed by atoms with van der Waals surface area (Å²) in [5.74, 6) is 0.136. The van der Waals surface area contributed by atoms with Gasteiger partial charge in [-0.2, -0.15) is 0 Å². The van der Waals surface area contributed by atoms with Gasteiger partial charge < -0.3 is 19.9 Å². The zero-order chi connectivity index (χ0) is 19.5. The summed E-state index contributed by atoms with van der Waals surface area (Å²) in [6, 6.07) is 6.56. The summed E-state index contributed by atoms with van der Waals surface area (Å²) < 4.78 is 5.47. The van der Waals surface area contributed by atoms with Crippen LogP contribution in [0.2, 0.25) is 0 Å². The third-order valence-electron chi connectivity index (χ3n) is 6.49. The van der Waals surface area contributed by atoms with Crippen LogP contribution in [-0.2, 0) is 9.53 Å². The molecular weight excluding hydrogens is 354 g/mol. The van der Waals surface area contributed by atoms with E-state index in [2.05, 4.69) is 10.2 Å². The first-order valence-corrected chi connectivity index (χ1v) is 10.7. The van der Waals surface area contributed by atoms with Gasteiger partial charge in [-0.3, -0.25) is 9.59 Å². The number of carbonyl (C=O) groups is 2. The number of likely N-dealkylation sites (tertiary alicyclic amines) is 1. The van der Waals surface area contributed by atoms with Gasteiger partial charge in [-0.15, -0.1) is 0 Å². The molecule has 0 saturated carbocycles. The van der Waals surface area contributed by atoms with E-state index in [0.717, 1.165) is 76.2 Å². The van der Waals surface area contributed by atoms with Crippen molar-refractivity contribution in [3.05, 3.63) is 29.3 Å². The van der Waals surface area contributed by atoms with E-state index in [9.17, 15) is 9.59 Å². The van der Waals surface area contributed by atoms with Gasteiger partial charge in [0.1, 0.15) is 0 Å². The number of piperidine rings is 1. The zero-order valence-electron chi connectivity index (χ0n) is 16.8. The first kappa shape index (κ1) is 19.4. The summed E-state index contributed by atoms with van der Waals surface area (Å²) in [6.45, 7) is 6.51. The van der Waals surface area contributed by atoms with Gasteiger partial charge in [0, 0.05) is 62.6 Å². The summed E-state index contributed by atoms with van der Waals surface area (Å²) in [5.41, 5.74) is 2.46. The van der Waals surface area contributed by atoms with Crippen LogP contribution in [-0.4, -0.2) is 61.6 Å². The van der Waals surface area contributed by atoms with Crippen LogP contribution >= 0.6 is 0 Å². The highest BCUT2D eigenvalue weighted by Crippen LogP contribution is 2.27. The van der Waals surface area contributed by atoms with E-state index in [1.807, 2.05) is 30.0 Å². The molecule has 3 aliphatic heterocycles. The Balaban J connectivity index is 1.36. The average Bonchev–Trinajstić information content (AvgIpc) is 3.15. The second-order valence-corrected chi connectivity index (χ2v) is 8.23. The van der Waals surface area contributed by atoms with Crippen molar-refractivity contribution in [3.8, 4) is 0 Å². The second-order valence-electron chi connectivity index (χ2n) is 8.23. The minimum atomic E-state index is -0.0180. The van der Waals surface area contributed by atoms with Crippen LogP contribution in [0, 0.1) is 6.92 Å². The topological polar surface area (TPSA) is 61.9 Å². The Kier molecular flexibility index (Phi) is 5.97. The summed E-state index contributed by atoms with van der Waals surface area (Å²) in [7, 11) is 0. The Bertz CT molecular complexity index is 722. The molecule has 0 bridgehead atoms. The van der Waals surface area contributed by atoms with Crippen LogP contribution in [0.15, 0.2) is 18.2 Å². The highest BCUT2D eigenvalue weighted by molar-refractivity contribution is 6.01. The first-order chi connectivity index (χ1) is 13.6. The summed E-state index contributed by atoms with van der Waals surface area (Å²) in [6.07, 6.45) is 5.72. The standard InChI is InChI=1S/C22H31N3O3/c1-16-19(4-2-5-20(16)25-11-3-6-21(25)26)22(27)23-17-7-12-24(13-8-17)18-9-14-28-15-10-18/h2,4-5,17-18H,3,6-15H2,1H3,(H,23,27). The SMILES string of the molecule is Cc1c(C(=O)NC2CCN(C3CCOCC3)CC2)cccc1N1CCCC1=O. The predicted octanol–water partition coefficient (Wildman–Crippen LogP) is 2.50. The molecule has 1 aromatic rings. The quantitative estimate of drug-likeness (QED) is 0.865. The number of hydrogen-bond donors (Lipinski definition) is 1. The molecule has 3 heterocycles. The third-order valence-corrected chi connectivity index (χ3v) is 6.49. The van der Waals surface area contributed by atoms with Crippen LogP contribution in [0.4, 0.5) is 5.69 Å². The van der Waals surface area contributed by atoms with E-state index in [1.165, 1.54) is 0 Å². The van der Waals surface area contributed by atoms with Gasteiger partial charge in [0.25, 0.3) is 5.91 Å². The number of benzene rings is 1. The number of anilines is 1. The van der Waals surface area contributed by atoms with Crippen LogP contribution in [0.5, 0.6) is 0 Å². The normalized spacial score (nSPS) is 22.6. The van der Waals surface area contributed by atoms with Gasteiger partial charge in [-0.05, 0) is 56.7 Å². The summed E-state index contributed by atoms with van der Waals surface area (Å²) in [5, 5.41) is 3.23. The molecule has 2 amide bonds. The highest BCUT2D eigenvalue weighted by Gasteiger charge is 2.28. The smallest absolute Gasteiger partial charge is 0.251 e. The van der Waals surface area contributed by atoms with Crippen molar-refractivity contribution in [3.63, 3.8) is 0 Å². The van der Waals surface area contributed by atoms with Crippen molar-refractivity contribution in [2.45, 2.75) is 57.5 Å². The number of nitrogens with zero attached hydrogens (tertiary/aromatic N) is 2. The van der Waals surface area contributed by atoms with Crippen molar-refractivity contribution < 1.29 is 14.3 Å². The maximum absolute atomic E-state index is 12.9. The Morgan fingerprint density at radius 2 is 1.86 bits per heavy atom. The van der Waals surface area contributed by atoms with Gasteiger partial charge in [0.05, 0.1) is 0 Å². The number of hydrogen-bond acceptors (Lipinski definition) is 4. The fraction of sp³-hybridized carbons (Fsp3) is 0.636. The first-order valence-electron chi connectivity index (χ1n) is 10.7. The lowest BCUT2D eigenvalue weighted by Crippen LogP contribution is -2.49. The molecular formula is C22H31N3O3. The Morgan fingerprint density at radius 1 is 1.11 bits per heavy atom. The molecule has 0 aliphatic carbocycles. The lowest BCUT2D eigenvalue weighted by molar-refractivity contribution is -0.117. The van der Waals surface area contributed by atoms with Crippen LogP contribution in [0.1, 0.15) is 54.4 Å². The van der Waals surface area contributed by atoms with E-state index in [1.54, 1.807) is 0 Å². The number of carbonyl (C=O) groups excluding carboxylic acids is 2. The number of ether oxygens (including phenoxy) is 1. The van der Waals surface area contributed by atoms with Crippen molar-refractivity contribution in [2.24, 2.45) is 0 Å². The molecule has 0 radical (unpaired) electrons. The molecule has 4 rings (SSSR count). The monoisotopic (exact) mass is 385 g/mol. The van der Waals surface area contributed by atoms with Gasteiger partial charge in [-0.25, -0.2) is 0 Å². The molecule has 3 fully saturated rings. The molecule has 6 nitrogen and oxygen atoms in total. The van der Waals surface area contributed by atoms with E-state index in [-0.39, 0.29) is 17.9 Å². The Morgan fingerprint density at radius 3 is 2.54 bits per heavy atom. The van der Waals surface area contributed by atoms with Crippen molar-refractivity contribution in [1.29, 1.82) is 0 Å². The lowest BCUT2D eigenvalue weighted by atomic mass is 9.98. The Hall–Kier alpha value is -1.92. The zero-order valence-corrected chi connectivity index (χ0v) is 16.8. The number of amides is 2. The molecule has 152 valence electrons. The molecule has 1 N–H and O–H groups in total. The fourth-order valence-electron chi connectivity index (χ4n) is 4.79. The van der Waals surface area contributed by atoms with E-state index < -0.39 is 0 Å². The molecule has 0 unspecified atom stereocenters. The summed E-state index contributed by atoms with van der Waals surface area (Å²) in [4.78, 5) is 29.4. The van der Waals surface area contributed by atoms with Crippen molar-refractivity contribution in [2.75, 3.05) is 37.7 Å². The van der Waals surface area contributed by atoms with Gasteiger partial charge in [-0.1, -0.05) is 6.07 Å². The maximum atomic E-state index is 12.9. The van der Waals surface area contributed by atoms with Crippen molar-refractivity contribution in [1.82, 2.24) is 10.2 Å². The minimum absolute atomic E-state index is 0.0180. The number of nitrogens with one attached hydrogen (secondary N) is 1. The lowest BCUT2D eigenvalue weighted by Gasteiger charge is -2.39. The van der Waals surface area contributed by atoms with Gasteiger partial charge in [0.2, 0.25) is 5.91 Å². The van der Waals surface area contributed by atoms with Crippen molar-refractivity contribution >= 4 is 17.5 Å². The largest absolute Gasteiger partial charge is 0.381 e. The molecule has 1 aromatic carbocycles. The molecule has 6 heteroatoms. The predicted molar refractivity (Wildman–Crippen MR) is 109 cm³/mol. The Labute approximate surface area is 167 Å².